The lowest BCUT2D eigenvalue weighted by Gasteiger charge is -2.32. The molecule has 0 aliphatic carbocycles. The molecule has 1 aliphatic heterocycles. The smallest absolute Gasteiger partial charge is 0.400 e. The molecule has 0 radical (unpaired) electrons. The maximum absolute atomic E-state index is 9.65. The van der Waals surface area contributed by atoms with Crippen molar-refractivity contribution in [3.63, 3.8) is 0 Å². The Labute approximate surface area is 139 Å². The molecular formula is C15H19BBrClO3. The van der Waals surface area contributed by atoms with Gasteiger partial charge in [-0.05, 0) is 56.9 Å². The van der Waals surface area contributed by atoms with E-state index in [1.807, 2.05) is 52.0 Å². The van der Waals surface area contributed by atoms with Gasteiger partial charge in [0.15, 0.2) is 0 Å². The summed E-state index contributed by atoms with van der Waals surface area (Å²) in [5, 5.41) is 10.3. The molecule has 114 valence electrons. The summed E-state index contributed by atoms with van der Waals surface area (Å²) in [6.07, 6.45) is 1.85. The van der Waals surface area contributed by atoms with E-state index in [-0.39, 0.29) is 6.61 Å². The second-order valence-electron chi connectivity index (χ2n) is 6.17. The van der Waals surface area contributed by atoms with Crippen molar-refractivity contribution in [2.24, 2.45) is 0 Å². The van der Waals surface area contributed by atoms with Crippen LogP contribution in [0.25, 0.3) is 6.08 Å². The third-order valence-corrected chi connectivity index (χ3v) is 4.65. The Bertz CT molecular complexity index is 536. The van der Waals surface area contributed by atoms with Crippen molar-refractivity contribution in [3.8, 4) is 0 Å². The zero-order valence-electron chi connectivity index (χ0n) is 12.6. The van der Waals surface area contributed by atoms with Crippen LogP contribution < -0.4 is 0 Å². The van der Waals surface area contributed by atoms with E-state index in [4.69, 9.17) is 20.9 Å². The Morgan fingerprint density at radius 1 is 1.24 bits per heavy atom. The van der Waals surface area contributed by atoms with Gasteiger partial charge in [0.1, 0.15) is 0 Å². The Hall–Kier alpha value is -0.325. The standard InChI is InChI=1S/C15H19BBrClO3/c1-14(2)15(3,4)21-16(20-14)11(9-19)5-10-6-12(17)8-13(18)7-10/h5-8,19H,9H2,1-4H3. The van der Waals surface area contributed by atoms with Crippen molar-refractivity contribution in [1.29, 1.82) is 0 Å². The molecule has 0 aromatic heterocycles. The summed E-state index contributed by atoms with van der Waals surface area (Å²) >= 11 is 9.45. The molecule has 1 saturated heterocycles. The molecule has 6 heteroatoms. The third kappa shape index (κ3) is 3.72. The van der Waals surface area contributed by atoms with Gasteiger partial charge in [-0.3, -0.25) is 0 Å². The van der Waals surface area contributed by atoms with Crippen LogP contribution in [0.1, 0.15) is 33.3 Å². The van der Waals surface area contributed by atoms with E-state index in [0.717, 1.165) is 10.0 Å². The van der Waals surface area contributed by atoms with Gasteiger partial charge in [-0.15, -0.1) is 0 Å². The molecular weight excluding hydrogens is 354 g/mol. The molecule has 3 nitrogen and oxygen atoms in total. The SMILES string of the molecule is CC1(C)OB(C(=Cc2cc(Cl)cc(Br)c2)CO)OC1(C)C. The van der Waals surface area contributed by atoms with Gasteiger partial charge in [-0.1, -0.05) is 33.6 Å². The van der Waals surface area contributed by atoms with Crippen molar-refractivity contribution in [3.05, 3.63) is 38.7 Å². The Morgan fingerprint density at radius 3 is 2.29 bits per heavy atom. The predicted molar refractivity (Wildman–Crippen MR) is 90.3 cm³/mol. The largest absolute Gasteiger partial charge is 0.492 e. The van der Waals surface area contributed by atoms with Crippen LogP contribution in [0.5, 0.6) is 0 Å². The van der Waals surface area contributed by atoms with Crippen LogP contribution >= 0.6 is 27.5 Å². The van der Waals surface area contributed by atoms with Crippen LogP contribution in [0.2, 0.25) is 5.02 Å². The lowest BCUT2D eigenvalue weighted by molar-refractivity contribution is 0.00578. The summed E-state index contributed by atoms with van der Waals surface area (Å²) < 4.78 is 12.8. The van der Waals surface area contributed by atoms with Crippen molar-refractivity contribution in [2.75, 3.05) is 6.61 Å². The summed E-state index contributed by atoms with van der Waals surface area (Å²) in [5.74, 6) is 0. The van der Waals surface area contributed by atoms with Crippen molar-refractivity contribution >= 4 is 40.7 Å². The average molecular weight is 373 g/mol. The molecule has 0 saturated carbocycles. The predicted octanol–water partition coefficient (Wildman–Crippen LogP) is 4.11. The molecule has 1 aromatic rings. The van der Waals surface area contributed by atoms with Crippen LogP contribution in [0.4, 0.5) is 0 Å². The van der Waals surface area contributed by atoms with Gasteiger partial charge in [0, 0.05) is 9.50 Å². The fourth-order valence-electron chi connectivity index (χ4n) is 2.06. The van der Waals surface area contributed by atoms with Crippen LogP contribution in [0.15, 0.2) is 28.1 Å². The maximum Gasteiger partial charge on any atom is 0.492 e. The number of rotatable bonds is 3. The van der Waals surface area contributed by atoms with E-state index >= 15 is 0 Å². The van der Waals surface area contributed by atoms with Gasteiger partial charge in [-0.2, -0.15) is 0 Å². The zero-order chi connectivity index (χ0) is 15.8. The first kappa shape index (κ1) is 17.0. The Kier molecular flexibility index (Phi) is 4.91. The minimum Gasteiger partial charge on any atom is -0.400 e. The second kappa shape index (κ2) is 6.05. The number of halogens is 2. The highest BCUT2D eigenvalue weighted by molar-refractivity contribution is 9.10. The number of aliphatic hydroxyl groups is 1. The number of hydrogen-bond acceptors (Lipinski definition) is 3. The normalized spacial score (nSPS) is 20.9. The number of benzene rings is 1. The molecule has 0 atom stereocenters. The number of aliphatic hydroxyl groups excluding tert-OH is 1. The molecule has 0 bridgehead atoms. The van der Waals surface area contributed by atoms with Crippen LogP contribution in [-0.2, 0) is 9.31 Å². The van der Waals surface area contributed by atoms with E-state index in [9.17, 15) is 5.11 Å². The minimum atomic E-state index is -0.558. The molecule has 1 aromatic carbocycles. The molecule has 1 heterocycles. The summed E-state index contributed by atoms with van der Waals surface area (Å²) in [6, 6.07) is 5.56. The molecule has 0 spiro atoms. The van der Waals surface area contributed by atoms with Crippen LogP contribution in [0, 0.1) is 0 Å². The van der Waals surface area contributed by atoms with E-state index in [2.05, 4.69) is 15.9 Å². The fraction of sp³-hybridized carbons (Fsp3) is 0.467. The Morgan fingerprint density at radius 2 is 1.81 bits per heavy atom. The van der Waals surface area contributed by atoms with Gasteiger partial charge in [0.25, 0.3) is 0 Å². The van der Waals surface area contributed by atoms with E-state index in [0.29, 0.717) is 10.5 Å². The zero-order valence-corrected chi connectivity index (χ0v) is 15.0. The highest BCUT2D eigenvalue weighted by Gasteiger charge is 2.52. The fourth-order valence-corrected chi connectivity index (χ4v) is 2.94. The van der Waals surface area contributed by atoms with Gasteiger partial charge in [0.05, 0.1) is 17.8 Å². The van der Waals surface area contributed by atoms with Gasteiger partial charge in [-0.25, -0.2) is 0 Å². The first-order chi connectivity index (χ1) is 9.64. The van der Waals surface area contributed by atoms with Crippen LogP contribution in [-0.4, -0.2) is 30.0 Å². The lowest BCUT2D eigenvalue weighted by Crippen LogP contribution is -2.41. The molecule has 0 amide bonds. The summed E-state index contributed by atoms with van der Waals surface area (Å²) in [4.78, 5) is 0. The quantitative estimate of drug-likeness (QED) is 0.811. The Balaban J connectivity index is 2.30. The molecule has 21 heavy (non-hydrogen) atoms. The lowest BCUT2D eigenvalue weighted by atomic mass is 9.77. The number of hydrogen-bond donors (Lipinski definition) is 1. The van der Waals surface area contributed by atoms with E-state index in [1.165, 1.54) is 0 Å². The topological polar surface area (TPSA) is 38.7 Å². The third-order valence-electron chi connectivity index (χ3n) is 3.98. The summed E-state index contributed by atoms with van der Waals surface area (Å²) in [5.41, 5.74) is 0.692. The molecule has 1 aliphatic rings. The van der Waals surface area contributed by atoms with Crippen molar-refractivity contribution in [1.82, 2.24) is 0 Å². The second-order valence-corrected chi connectivity index (χ2v) is 7.52. The highest BCUT2D eigenvalue weighted by Crippen LogP contribution is 2.38. The summed E-state index contributed by atoms with van der Waals surface area (Å²) in [7, 11) is -0.558. The molecule has 1 fully saturated rings. The summed E-state index contributed by atoms with van der Waals surface area (Å²) in [6.45, 7) is 7.80. The van der Waals surface area contributed by atoms with Crippen molar-refractivity contribution < 1.29 is 14.4 Å². The van der Waals surface area contributed by atoms with Crippen molar-refractivity contribution in [2.45, 2.75) is 38.9 Å². The minimum absolute atomic E-state index is 0.138. The molecule has 2 rings (SSSR count). The monoisotopic (exact) mass is 372 g/mol. The van der Waals surface area contributed by atoms with Gasteiger partial charge >= 0.3 is 7.12 Å². The first-order valence-corrected chi connectivity index (χ1v) is 7.95. The van der Waals surface area contributed by atoms with E-state index in [1.54, 1.807) is 0 Å². The van der Waals surface area contributed by atoms with Gasteiger partial charge < -0.3 is 14.4 Å². The molecule has 1 N–H and O–H groups in total. The van der Waals surface area contributed by atoms with Gasteiger partial charge in [0.2, 0.25) is 0 Å². The maximum atomic E-state index is 9.65. The van der Waals surface area contributed by atoms with E-state index < -0.39 is 18.3 Å². The average Bonchev–Trinajstić information content (AvgIpc) is 2.54. The first-order valence-electron chi connectivity index (χ1n) is 6.78. The molecule has 0 unspecified atom stereocenters. The van der Waals surface area contributed by atoms with Crippen LogP contribution in [0.3, 0.4) is 0 Å². The highest BCUT2D eigenvalue weighted by atomic mass is 79.9.